The molecular weight excluding hydrogens is 428 g/mol. The molecule has 148 valence electrons. The van der Waals surface area contributed by atoms with Gasteiger partial charge in [0.2, 0.25) is 0 Å². The Hall–Kier alpha value is -2.73. The van der Waals surface area contributed by atoms with Crippen molar-refractivity contribution in [3.05, 3.63) is 70.7 Å². The summed E-state index contributed by atoms with van der Waals surface area (Å²) in [5.74, 6) is 1.59. The van der Waals surface area contributed by atoms with Crippen molar-refractivity contribution in [2.45, 2.75) is 19.8 Å². The maximum absolute atomic E-state index is 12.4. The van der Waals surface area contributed by atoms with E-state index in [9.17, 15) is 4.79 Å². The third-order valence-electron chi connectivity index (χ3n) is 5.32. The Morgan fingerprint density at radius 1 is 1.00 bits per heavy atom. The Bertz CT molecular complexity index is 981. The van der Waals surface area contributed by atoms with E-state index in [2.05, 4.69) is 43.3 Å². The van der Waals surface area contributed by atoms with E-state index in [0.717, 1.165) is 46.2 Å². The molecular formula is C23H23BrN4O. The summed E-state index contributed by atoms with van der Waals surface area (Å²) in [4.78, 5) is 14.7. The fraction of sp³-hybridized carbons (Fsp3) is 0.261. The molecule has 1 aliphatic heterocycles. The van der Waals surface area contributed by atoms with E-state index in [1.165, 1.54) is 12.8 Å². The standard InChI is InChI=1S/C23H23BrN4O/c1-16-12-14-28(15-13-16)22-11-10-21(26-27-22)17-6-8-18(9-7-17)25-23(29)19-4-2-3-5-20(19)24/h2-11,16H,12-15H2,1H3,(H,25,29). The van der Waals surface area contributed by atoms with Gasteiger partial charge in [0.15, 0.2) is 5.82 Å². The number of benzene rings is 2. The minimum absolute atomic E-state index is 0.148. The van der Waals surface area contributed by atoms with Gasteiger partial charge in [-0.25, -0.2) is 0 Å². The van der Waals surface area contributed by atoms with Gasteiger partial charge in [0.1, 0.15) is 0 Å². The predicted octanol–water partition coefficient (Wildman–Crippen LogP) is 5.39. The molecule has 0 aliphatic carbocycles. The topological polar surface area (TPSA) is 58.1 Å². The molecule has 2 heterocycles. The molecule has 3 aromatic rings. The lowest BCUT2D eigenvalue weighted by molar-refractivity contribution is 0.102. The average molecular weight is 451 g/mol. The molecule has 6 heteroatoms. The van der Waals surface area contributed by atoms with E-state index in [1.54, 1.807) is 6.07 Å². The minimum atomic E-state index is -0.148. The van der Waals surface area contributed by atoms with Crippen molar-refractivity contribution >= 4 is 33.3 Å². The number of anilines is 2. The fourth-order valence-corrected chi connectivity index (χ4v) is 3.92. The molecule has 1 saturated heterocycles. The lowest BCUT2D eigenvalue weighted by atomic mass is 9.99. The van der Waals surface area contributed by atoms with Crippen molar-refractivity contribution in [2.75, 3.05) is 23.3 Å². The molecule has 5 nitrogen and oxygen atoms in total. The monoisotopic (exact) mass is 450 g/mol. The Labute approximate surface area is 179 Å². The van der Waals surface area contributed by atoms with Crippen molar-refractivity contribution in [3.8, 4) is 11.3 Å². The van der Waals surface area contributed by atoms with Gasteiger partial charge < -0.3 is 10.2 Å². The van der Waals surface area contributed by atoms with Crippen LogP contribution in [0.15, 0.2) is 65.1 Å². The lowest BCUT2D eigenvalue weighted by Crippen LogP contribution is -2.33. The van der Waals surface area contributed by atoms with Gasteiger partial charge in [-0.15, -0.1) is 10.2 Å². The Kier molecular flexibility index (Phi) is 5.90. The van der Waals surface area contributed by atoms with E-state index < -0.39 is 0 Å². The van der Waals surface area contributed by atoms with Gasteiger partial charge in [-0.1, -0.05) is 31.2 Å². The first-order valence-electron chi connectivity index (χ1n) is 9.85. The highest BCUT2D eigenvalue weighted by molar-refractivity contribution is 9.10. The quantitative estimate of drug-likeness (QED) is 0.578. The zero-order valence-corrected chi connectivity index (χ0v) is 17.9. The summed E-state index contributed by atoms with van der Waals surface area (Å²) in [6.45, 7) is 4.39. The fourth-order valence-electron chi connectivity index (χ4n) is 3.45. The normalized spacial score (nSPS) is 14.6. The molecule has 0 spiro atoms. The van der Waals surface area contributed by atoms with Crippen LogP contribution in [0, 0.1) is 5.92 Å². The zero-order valence-electron chi connectivity index (χ0n) is 16.3. The van der Waals surface area contributed by atoms with Gasteiger partial charge in [-0.2, -0.15) is 0 Å². The summed E-state index contributed by atoms with van der Waals surface area (Å²) in [5.41, 5.74) is 3.13. The van der Waals surface area contributed by atoms with Crippen molar-refractivity contribution in [2.24, 2.45) is 5.92 Å². The first-order valence-corrected chi connectivity index (χ1v) is 10.6. The van der Waals surface area contributed by atoms with Gasteiger partial charge >= 0.3 is 0 Å². The number of piperidine rings is 1. The molecule has 0 atom stereocenters. The highest BCUT2D eigenvalue weighted by Crippen LogP contribution is 2.24. The summed E-state index contributed by atoms with van der Waals surface area (Å²) >= 11 is 3.41. The van der Waals surface area contributed by atoms with Crippen LogP contribution in [0.1, 0.15) is 30.1 Å². The number of carbonyl (C=O) groups excluding carboxylic acids is 1. The third-order valence-corrected chi connectivity index (χ3v) is 6.01. The summed E-state index contributed by atoms with van der Waals surface area (Å²) in [5, 5.41) is 11.8. The van der Waals surface area contributed by atoms with Crippen LogP contribution < -0.4 is 10.2 Å². The van der Waals surface area contributed by atoms with Crippen LogP contribution in [-0.4, -0.2) is 29.2 Å². The van der Waals surface area contributed by atoms with Crippen LogP contribution in [0.25, 0.3) is 11.3 Å². The number of nitrogens with zero attached hydrogens (tertiary/aromatic N) is 3. The van der Waals surface area contributed by atoms with Gasteiger partial charge in [-0.3, -0.25) is 4.79 Å². The predicted molar refractivity (Wildman–Crippen MR) is 120 cm³/mol. The van der Waals surface area contributed by atoms with E-state index in [-0.39, 0.29) is 5.91 Å². The molecule has 0 radical (unpaired) electrons. The van der Waals surface area contributed by atoms with Crippen molar-refractivity contribution in [1.29, 1.82) is 0 Å². The second-order valence-electron chi connectivity index (χ2n) is 7.46. The molecule has 1 fully saturated rings. The van der Waals surface area contributed by atoms with Gasteiger partial charge in [-0.05, 0) is 71.1 Å². The van der Waals surface area contributed by atoms with Crippen molar-refractivity contribution in [3.63, 3.8) is 0 Å². The molecule has 0 bridgehead atoms. The maximum Gasteiger partial charge on any atom is 0.256 e. The van der Waals surface area contributed by atoms with Crippen LogP contribution >= 0.6 is 15.9 Å². The van der Waals surface area contributed by atoms with E-state index >= 15 is 0 Å². The van der Waals surface area contributed by atoms with Crippen LogP contribution in [0.4, 0.5) is 11.5 Å². The molecule has 4 rings (SSSR count). The first-order chi connectivity index (χ1) is 14.1. The average Bonchev–Trinajstić information content (AvgIpc) is 2.75. The van der Waals surface area contributed by atoms with Gasteiger partial charge in [0, 0.05) is 28.8 Å². The lowest BCUT2D eigenvalue weighted by Gasteiger charge is -2.30. The largest absolute Gasteiger partial charge is 0.355 e. The smallest absolute Gasteiger partial charge is 0.256 e. The number of rotatable bonds is 4. The molecule has 0 unspecified atom stereocenters. The molecule has 1 aromatic heterocycles. The molecule has 1 N–H and O–H groups in total. The number of halogens is 1. The molecule has 0 saturated carbocycles. The highest BCUT2D eigenvalue weighted by Gasteiger charge is 2.17. The maximum atomic E-state index is 12.4. The van der Waals surface area contributed by atoms with E-state index in [1.807, 2.05) is 54.6 Å². The Balaban J connectivity index is 1.42. The Morgan fingerprint density at radius 2 is 1.72 bits per heavy atom. The Morgan fingerprint density at radius 3 is 2.38 bits per heavy atom. The number of aromatic nitrogens is 2. The van der Waals surface area contributed by atoms with Crippen molar-refractivity contribution in [1.82, 2.24) is 10.2 Å². The number of carbonyl (C=O) groups is 1. The molecule has 29 heavy (non-hydrogen) atoms. The zero-order chi connectivity index (χ0) is 20.2. The molecule has 1 amide bonds. The molecule has 2 aromatic carbocycles. The number of nitrogens with one attached hydrogen (secondary N) is 1. The number of amides is 1. The summed E-state index contributed by atoms with van der Waals surface area (Å²) < 4.78 is 0.771. The van der Waals surface area contributed by atoms with Crippen molar-refractivity contribution < 1.29 is 4.79 Å². The SMILES string of the molecule is CC1CCN(c2ccc(-c3ccc(NC(=O)c4ccccc4Br)cc3)nn2)CC1. The minimum Gasteiger partial charge on any atom is -0.355 e. The summed E-state index contributed by atoms with van der Waals surface area (Å²) in [6, 6.07) is 19.1. The second-order valence-corrected chi connectivity index (χ2v) is 8.31. The van der Waals surface area contributed by atoms with Crippen LogP contribution in [0.5, 0.6) is 0 Å². The van der Waals surface area contributed by atoms with Gasteiger partial charge in [0.25, 0.3) is 5.91 Å². The second kappa shape index (κ2) is 8.74. The van der Waals surface area contributed by atoms with Crippen LogP contribution in [0.2, 0.25) is 0 Å². The van der Waals surface area contributed by atoms with E-state index in [0.29, 0.717) is 5.56 Å². The molecule has 1 aliphatic rings. The summed E-state index contributed by atoms with van der Waals surface area (Å²) in [6.07, 6.45) is 2.41. The van der Waals surface area contributed by atoms with Gasteiger partial charge in [0.05, 0.1) is 11.3 Å². The van der Waals surface area contributed by atoms with Crippen LogP contribution in [0.3, 0.4) is 0 Å². The van der Waals surface area contributed by atoms with Crippen LogP contribution in [-0.2, 0) is 0 Å². The number of hydrogen-bond acceptors (Lipinski definition) is 4. The third kappa shape index (κ3) is 4.65. The first kappa shape index (κ1) is 19.6. The summed E-state index contributed by atoms with van der Waals surface area (Å²) in [7, 11) is 0. The highest BCUT2D eigenvalue weighted by atomic mass is 79.9. The van der Waals surface area contributed by atoms with E-state index in [4.69, 9.17) is 0 Å². The number of hydrogen-bond donors (Lipinski definition) is 1.